The van der Waals surface area contributed by atoms with Crippen molar-refractivity contribution in [3.63, 3.8) is 0 Å². The van der Waals surface area contributed by atoms with Gasteiger partial charge in [0, 0.05) is 18.4 Å². The molecule has 0 spiro atoms. The number of ether oxygens (including phenoxy) is 2. The van der Waals surface area contributed by atoms with E-state index in [-0.39, 0.29) is 23.2 Å². The minimum atomic E-state index is -0.600. The average Bonchev–Trinajstić information content (AvgIpc) is 2.75. The maximum Gasteiger partial charge on any atom is 0.343 e. The van der Waals surface area contributed by atoms with Gasteiger partial charge in [0.2, 0.25) is 0 Å². The van der Waals surface area contributed by atoms with Crippen LogP contribution < -0.4 is 21.3 Å². The van der Waals surface area contributed by atoms with Crippen molar-refractivity contribution in [1.82, 2.24) is 14.5 Å². The van der Waals surface area contributed by atoms with Crippen molar-refractivity contribution in [1.29, 1.82) is 0 Å². The van der Waals surface area contributed by atoms with Crippen molar-refractivity contribution in [3.8, 4) is 5.75 Å². The monoisotopic (exact) mass is 412 g/mol. The van der Waals surface area contributed by atoms with Gasteiger partial charge in [-0.2, -0.15) is 0 Å². The topological polar surface area (TPSA) is 132 Å². The summed E-state index contributed by atoms with van der Waals surface area (Å²) in [6.07, 6.45) is 2.00. The molecule has 156 valence electrons. The predicted octanol–water partition coefficient (Wildman–Crippen LogP) is 1.30. The minimum Gasteiger partial charge on any atom is -0.482 e. The molecule has 0 aliphatic carbocycles. The fraction of sp³-hybridized carbons (Fsp3) is 0.250. The van der Waals surface area contributed by atoms with E-state index < -0.39 is 23.1 Å². The van der Waals surface area contributed by atoms with Gasteiger partial charge >= 0.3 is 11.7 Å². The van der Waals surface area contributed by atoms with Gasteiger partial charge in [0.25, 0.3) is 11.5 Å². The summed E-state index contributed by atoms with van der Waals surface area (Å²) in [5.74, 6) is -0.540. The summed E-state index contributed by atoms with van der Waals surface area (Å²) >= 11 is 0. The van der Waals surface area contributed by atoms with Gasteiger partial charge in [0.05, 0.1) is 18.1 Å². The molecule has 0 fully saturated rings. The second kappa shape index (κ2) is 9.03. The number of H-pyrrole nitrogens is 1. The molecular formula is C20H20N4O6. The number of carbonyl (C=O) groups is 2. The highest BCUT2D eigenvalue weighted by atomic mass is 16.6. The Morgan fingerprint density at radius 3 is 2.60 bits per heavy atom. The predicted molar refractivity (Wildman–Crippen MR) is 109 cm³/mol. The normalized spacial score (nSPS) is 10.6. The molecule has 1 aromatic carbocycles. The molecule has 2 N–H and O–H groups in total. The third-order valence-electron chi connectivity index (χ3n) is 4.24. The standard InChI is InChI=1S/C20H20N4O6/c1-3-8-24-17-15(19(27)23-20(24)28)9-12(10-21-17)18(26)22-13-4-6-14(7-5-13)30-11-16(25)29-2/h4-7,9-10H,3,8,11H2,1-2H3,(H,22,26)(H,23,27,28). The quantitative estimate of drug-likeness (QED) is 0.559. The van der Waals surface area contributed by atoms with Gasteiger partial charge in [-0.15, -0.1) is 0 Å². The van der Waals surface area contributed by atoms with Crippen molar-refractivity contribution in [2.45, 2.75) is 19.9 Å². The molecule has 3 rings (SSSR count). The molecule has 0 bridgehead atoms. The van der Waals surface area contributed by atoms with Crippen molar-refractivity contribution < 1.29 is 19.1 Å². The number of hydrogen-bond donors (Lipinski definition) is 2. The molecule has 2 aromatic heterocycles. The van der Waals surface area contributed by atoms with Crippen LogP contribution in [-0.4, -0.2) is 40.1 Å². The highest BCUT2D eigenvalue weighted by Gasteiger charge is 2.13. The van der Waals surface area contributed by atoms with E-state index in [4.69, 9.17) is 4.74 Å². The Kier molecular flexibility index (Phi) is 6.26. The van der Waals surface area contributed by atoms with Crippen LogP contribution in [0.3, 0.4) is 0 Å². The van der Waals surface area contributed by atoms with Crippen LogP contribution >= 0.6 is 0 Å². The molecule has 0 unspecified atom stereocenters. The van der Waals surface area contributed by atoms with Crippen LogP contribution in [0.1, 0.15) is 23.7 Å². The zero-order valence-corrected chi connectivity index (χ0v) is 16.4. The van der Waals surface area contributed by atoms with E-state index in [0.29, 0.717) is 24.4 Å². The molecule has 10 heteroatoms. The maximum atomic E-state index is 12.6. The number of fused-ring (bicyclic) bond motifs is 1. The van der Waals surface area contributed by atoms with Crippen LogP contribution in [0.25, 0.3) is 11.0 Å². The fourth-order valence-corrected chi connectivity index (χ4v) is 2.76. The number of nitrogens with one attached hydrogen (secondary N) is 2. The molecule has 2 heterocycles. The Hall–Kier alpha value is -3.95. The lowest BCUT2D eigenvalue weighted by Gasteiger charge is -2.10. The van der Waals surface area contributed by atoms with Crippen LogP contribution in [0.15, 0.2) is 46.1 Å². The lowest BCUT2D eigenvalue weighted by molar-refractivity contribution is -0.142. The van der Waals surface area contributed by atoms with Gasteiger partial charge in [-0.3, -0.25) is 19.1 Å². The summed E-state index contributed by atoms with van der Waals surface area (Å²) in [4.78, 5) is 54.2. The zero-order valence-electron chi connectivity index (χ0n) is 16.4. The number of aryl methyl sites for hydroxylation is 1. The van der Waals surface area contributed by atoms with Crippen molar-refractivity contribution in [2.24, 2.45) is 0 Å². The van der Waals surface area contributed by atoms with Crippen LogP contribution in [0.5, 0.6) is 5.75 Å². The van der Waals surface area contributed by atoms with Gasteiger partial charge in [0.15, 0.2) is 6.61 Å². The fourth-order valence-electron chi connectivity index (χ4n) is 2.76. The first-order valence-corrected chi connectivity index (χ1v) is 9.16. The number of rotatable bonds is 7. The first-order chi connectivity index (χ1) is 14.4. The number of benzene rings is 1. The molecule has 0 atom stereocenters. The number of methoxy groups -OCH3 is 1. The summed E-state index contributed by atoms with van der Waals surface area (Å²) < 4.78 is 11.1. The molecular weight excluding hydrogens is 392 g/mol. The smallest absolute Gasteiger partial charge is 0.343 e. The number of anilines is 1. The van der Waals surface area contributed by atoms with Crippen molar-refractivity contribution in [2.75, 3.05) is 19.0 Å². The van der Waals surface area contributed by atoms with E-state index in [1.807, 2.05) is 6.92 Å². The number of nitrogens with zero attached hydrogens (tertiary/aromatic N) is 2. The molecule has 0 aliphatic heterocycles. The molecule has 0 saturated carbocycles. The number of carbonyl (C=O) groups excluding carboxylic acids is 2. The molecule has 1 amide bonds. The van der Waals surface area contributed by atoms with E-state index in [0.717, 1.165) is 0 Å². The second-order valence-electron chi connectivity index (χ2n) is 6.35. The van der Waals surface area contributed by atoms with Crippen molar-refractivity contribution >= 4 is 28.6 Å². The highest BCUT2D eigenvalue weighted by Crippen LogP contribution is 2.17. The van der Waals surface area contributed by atoms with E-state index in [1.54, 1.807) is 24.3 Å². The summed E-state index contributed by atoms with van der Waals surface area (Å²) in [6, 6.07) is 7.78. The maximum absolute atomic E-state index is 12.6. The van der Waals surface area contributed by atoms with Gasteiger partial charge in [0.1, 0.15) is 11.4 Å². The molecule has 0 saturated heterocycles. The number of pyridine rings is 1. The van der Waals surface area contributed by atoms with E-state index >= 15 is 0 Å². The highest BCUT2D eigenvalue weighted by molar-refractivity contribution is 6.05. The Labute approximate surface area is 170 Å². The molecule has 10 nitrogen and oxygen atoms in total. The Morgan fingerprint density at radius 2 is 1.93 bits per heavy atom. The van der Waals surface area contributed by atoms with Crippen LogP contribution in [0.4, 0.5) is 5.69 Å². The number of hydrogen-bond acceptors (Lipinski definition) is 7. The van der Waals surface area contributed by atoms with Crippen LogP contribution in [0, 0.1) is 0 Å². The number of amides is 1. The van der Waals surface area contributed by atoms with Gasteiger partial charge in [-0.1, -0.05) is 6.92 Å². The first kappa shape index (κ1) is 20.8. The Balaban J connectivity index is 1.79. The summed E-state index contributed by atoms with van der Waals surface area (Å²) in [5, 5.41) is 2.84. The zero-order chi connectivity index (χ0) is 21.7. The third kappa shape index (κ3) is 4.54. The Morgan fingerprint density at radius 1 is 1.20 bits per heavy atom. The average molecular weight is 412 g/mol. The van der Waals surface area contributed by atoms with Crippen molar-refractivity contribution in [3.05, 3.63) is 62.9 Å². The Bertz CT molecular complexity index is 1200. The van der Waals surface area contributed by atoms with Gasteiger partial charge in [-0.25, -0.2) is 14.6 Å². The number of aromatic amines is 1. The van der Waals surface area contributed by atoms with Crippen LogP contribution in [0.2, 0.25) is 0 Å². The lowest BCUT2D eigenvalue weighted by Crippen LogP contribution is -2.31. The molecule has 3 aromatic rings. The second-order valence-corrected chi connectivity index (χ2v) is 6.35. The van der Waals surface area contributed by atoms with Crippen LogP contribution in [-0.2, 0) is 16.1 Å². The number of aromatic nitrogens is 3. The third-order valence-corrected chi connectivity index (χ3v) is 4.24. The largest absolute Gasteiger partial charge is 0.482 e. The summed E-state index contributed by atoms with van der Waals surface area (Å²) in [6.45, 7) is 2.08. The molecule has 0 radical (unpaired) electrons. The van der Waals surface area contributed by atoms with Gasteiger partial charge in [-0.05, 0) is 36.8 Å². The molecule has 30 heavy (non-hydrogen) atoms. The number of esters is 1. The minimum absolute atomic E-state index is 0.155. The SMILES string of the molecule is CCCn1c(=O)[nH]c(=O)c2cc(C(=O)Nc3ccc(OCC(=O)OC)cc3)cnc21. The van der Waals surface area contributed by atoms with E-state index in [9.17, 15) is 19.2 Å². The van der Waals surface area contributed by atoms with E-state index in [2.05, 4.69) is 20.0 Å². The van der Waals surface area contributed by atoms with Gasteiger partial charge < -0.3 is 14.8 Å². The molecule has 0 aliphatic rings. The lowest BCUT2D eigenvalue weighted by atomic mass is 10.2. The summed E-state index contributed by atoms with van der Waals surface area (Å²) in [5.41, 5.74) is -0.254. The summed E-state index contributed by atoms with van der Waals surface area (Å²) in [7, 11) is 1.27. The van der Waals surface area contributed by atoms with E-state index in [1.165, 1.54) is 23.9 Å². The first-order valence-electron chi connectivity index (χ1n) is 9.16.